The Morgan fingerprint density at radius 3 is 2.76 bits per heavy atom. The number of fused-ring (bicyclic) bond motifs is 3. The minimum Gasteiger partial charge on any atom is -0.491 e. The second kappa shape index (κ2) is 8.07. The lowest BCUT2D eigenvalue weighted by Crippen LogP contribution is -2.26. The largest absolute Gasteiger partial charge is 0.491 e. The molecule has 0 aliphatic carbocycles. The number of nitrogens with one attached hydrogen (secondary N) is 1. The van der Waals surface area contributed by atoms with E-state index < -0.39 is 23.2 Å². The van der Waals surface area contributed by atoms with Gasteiger partial charge in [-0.25, -0.2) is 9.37 Å². The van der Waals surface area contributed by atoms with Crippen molar-refractivity contribution in [2.75, 3.05) is 13.7 Å². The Balaban J connectivity index is 1.85. The van der Waals surface area contributed by atoms with Gasteiger partial charge in [-0.2, -0.15) is 0 Å². The van der Waals surface area contributed by atoms with Crippen molar-refractivity contribution in [3.8, 4) is 29.0 Å². The van der Waals surface area contributed by atoms with Gasteiger partial charge in [0.25, 0.3) is 11.8 Å². The Morgan fingerprint density at radius 1 is 1.36 bits per heavy atom. The van der Waals surface area contributed by atoms with Gasteiger partial charge in [-0.15, -0.1) is 0 Å². The van der Waals surface area contributed by atoms with E-state index in [9.17, 15) is 19.1 Å². The van der Waals surface area contributed by atoms with E-state index in [0.717, 1.165) is 6.07 Å². The summed E-state index contributed by atoms with van der Waals surface area (Å²) in [5.41, 5.74) is 3.95. The molecule has 0 fully saturated rings. The van der Waals surface area contributed by atoms with E-state index in [1.807, 2.05) is 0 Å². The number of halogens is 1. The van der Waals surface area contributed by atoms with Crippen molar-refractivity contribution in [2.45, 2.75) is 26.0 Å². The lowest BCUT2D eigenvalue weighted by molar-refractivity contribution is 0.0933. The maximum atomic E-state index is 14.8. The number of ether oxygens (including phenoxy) is 1. The molecule has 4 N–H and O–H groups in total. The zero-order valence-corrected chi connectivity index (χ0v) is 18.0. The van der Waals surface area contributed by atoms with Crippen LogP contribution in [0.1, 0.15) is 44.9 Å². The van der Waals surface area contributed by atoms with E-state index in [2.05, 4.69) is 27.3 Å². The number of imidazole rings is 1. The second-order valence-electron chi connectivity index (χ2n) is 7.55. The number of aliphatic hydroxyl groups is 1. The van der Waals surface area contributed by atoms with E-state index in [-0.39, 0.29) is 47.4 Å². The van der Waals surface area contributed by atoms with Crippen molar-refractivity contribution >= 4 is 11.8 Å². The van der Waals surface area contributed by atoms with Gasteiger partial charge in [-0.3, -0.25) is 9.59 Å². The van der Waals surface area contributed by atoms with Crippen LogP contribution in [0.25, 0.3) is 11.4 Å². The summed E-state index contributed by atoms with van der Waals surface area (Å²) in [6, 6.07) is 4.05. The molecule has 10 nitrogen and oxygen atoms in total. The molecule has 0 bridgehead atoms. The first-order valence-electron chi connectivity index (χ1n) is 9.91. The first-order valence-corrected chi connectivity index (χ1v) is 9.91. The second-order valence-corrected chi connectivity index (χ2v) is 7.55. The predicted molar refractivity (Wildman–Crippen MR) is 113 cm³/mol. The topological polar surface area (TPSA) is 146 Å². The van der Waals surface area contributed by atoms with Gasteiger partial charge in [-0.1, -0.05) is 17.0 Å². The van der Waals surface area contributed by atoms with Gasteiger partial charge < -0.3 is 30.0 Å². The van der Waals surface area contributed by atoms with Gasteiger partial charge in [0.2, 0.25) is 0 Å². The molecule has 11 heteroatoms. The number of aromatic nitrogens is 3. The molecule has 2 aromatic heterocycles. The average molecular weight is 453 g/mol. The zero-order chi connectivity index (χ0) is 23.9. The molecule has 1 aromatic carbocycles. The summed E-state index contributed by atoms with van der Waals surface area (Å²) in [7, 11) is 1.42. The van der Waals surface area contributed by atoms with Crippen molar-refractivity contribution in [1.29, 1.82) is 0 Å². The van der Waals surface area contributed by atoms with Crippen LogP contribution in [0, 0.1) is 24.6 Å². The Labute approximate surface area is 187 Å². The number of carbonyl (C=O) groups excluding carboxylic acids is 2. The van der Waals surface area contributed by atoms with Crippen molar-refractivity contribution in [3.05, 3.63) is 52.4 Å². The number of primary amides is 1. The van der Waals surface area contributed by atoms with Crippen molar-refractivity contribution in [2.24, 2.45) is 5.73 Å². The molecule has 2 amide bonds. The number of amides is 2. The van der Waals surface area contributed by atoms with Crippen molar-refractivity contribution in [1.82, 2.24) is 20.0 Å². The summed E-state index contributed by atoms with van der Waals surface area (Å²) < 4.78 is 26.9. The summed E-state index contributed by atoms with van der Waals surface area (Å²) in [4.78, 5) is 28.6. The van der Waals surface area contributed by atoms with Crippen LogP contribution in [0.5, 0.6) is 5.75 Å². The highest BCUT2D eigenvalue weighted by Crippen LogP contribution is 2.35. The summed E-state index contributed by atoms with van der Waals surface area (Å²) >= 11 is 0. The molecule has 4 rings (SSSR count). The molecule has 170 valence electrons. The van der Waals surface area contributed by atoms with Crippen LogP contribution in [0.2, 0.25) is 0 Å². The summed E-state index contributed by atoms with van der Waals surface area (Å²) in [5, 5.41) is 16.8. The molecule has 0 radical (unpaired) electrons. The quantitative estimate of drug-likeness (QED) is 0.503. The fraction of sp³-hybridized carbons (Fsp3) is 0.273. The third-order valence-electron chi connectivity index (χ3n) is 5.09. The maximum Gasteiger partial charge on any atom is 0.270 e. The van der Waals surface area contributed by atoms with E-state index in [1.165, 1.54) is 30.7 Å². The molecule has 33 heavy (non-hydrogen) atoms. The van der Waals surface area contributed by atoms with Crippen LogP contribution in [-0.2, 0) is 12.1 Å². The van der Waals surface area contributed by atoms with Gasteiger partial charge in [0.1, 0.15) is 41.1 Å². The van der Waals surface area contributed by atoms with Gasteiger partial charge in [0.05, 0.1) is 17.7 Å². The Bertz CT molecular complexity index is 1350. The summed E-state index contributed by atoms with van der Waals surface area (Å²) in [5.74, 6) is 3.96. The Morgan fingerprint density at radius 2 is 2.12 bits per heavy atom. The lowest BCUT2D eigenvalue weighted by atomic mass is 10.0. The minimum atomic E-state index is -1.70. The van der Waals surface area contributed by atoms with E-state index in [0.29, 0.717) is 11.3 Å². The highest BCUT2D eigenvalue weighted by molar-refractivity contribution is 6.05. The van der Waals surface area contributed by atoms with Gasteiger partial charge in [0.15, 0.2) is 11.3 Å². The highest BCUT2D eigenvalue weighted by Gasteiger charge is 2.30. The van der Waals surface area contributed by atoms with E-state index in [4.69, 9.17) is 15.0 Å². The number of rotatable bonds is 3. The van der Waals surface area contributed by atoms with Crippen LogP contribution in [0.15, 0.2) is 22.7 Å². The third-order valence-corrected chi connectivity index (χ3v) is 5.09. The molecule has 1 aliphatic heterocycles. The van der Waals surface area contributed by atoms with Crippen LogP contribution in [0.4, 0.5) is 4.39 Å². The summed E-state index contributed by atoms with van der Waals surface area (Å²) in [6.45, 7) is 3.35. The lowest BCUT2D eigenvalue weighted by Gasteiger charge is -2.12. The van der Waals surface area contributed by atoms with Gasteiger partial charge in [0, 0.05) is 19.2 Å². The number of benzene rings is 1. The molecular weight excluding hydrogens is 433 g/mol. The van der Waals surface area contributed by atoms with Gasteiger partial charge in [-0.05, 0) is 19.9 Å². The highest BCUT2D eigenvalue weighted by atomic mass is 19.1. The van der Waals surface area contributed by atoms with Crippen LogP contribution in [-0.4, -0.2) is 45.3 Å². The fourth-order valence-corrected chi connectivity index (χ4v) is 3.44. The Kier molecular flexibility index (Phi) is 5.39. The average Bonchev–Trinajstić information content (AvgIpc) is 3.33. The molecular formula is C22H20FN5O5. The molecule has 0 spiro atoms. The van der Waals surface area contributed by atoms with E-state index in [1.54, 1.807) is 6.92 Å². The van der Waals surface area contributed by atoms with Crippen molar-refractivity contribution in [3.63, 3.8) is 0 Å². The third kappa shape index (κ3) is 3.92. The standard InChI is InChI=1S/C22H20FN5O5/c1-11-8-16(27-33-11)22(2,31)5-4-12-9-13-15(10-14(12)23)32-7-6-28-18(21(30)25-3)17(19(24)29)26-20(13)28/h8-10,31H,6-7H2,1-3H3,(H2,24,29)(H,25,30). The van der Waals surface area contributed by atoms with Gasteiger partial charge >= 0.3 is 0 Å². The number of carbonyl (C=O) groups is 2. The van der Waals surface area contributed by atoms with Crippen molar-refractivity contribution < 1.29 is 28.3 Å². The normalized spacial score (nSPS) is 14.0. The monoisotopic (exact) mass is 453 g/mol. The SMILES string of the molecule is CNC(=O)c1c(C(N)=O)nc2n1CCOc1cc(F)c(C#CC(C)(O)c3cc(C)on3)cc1-2. The number of aryl methyl sites for hydroxylation is 1. The maximum absolute atomic E-state index is 14.8. The zero-order valence-electron chi connectivity index (χ0n) is 18.0. The van der Waals surface area contributed by atoms with E-state index >= 15 is 0 Å². The molecule has 0 saturated carbocycles. The molecule has 3 aromatic rings. The molecule has 1 aliphatic rings. The number of hydrogen-bond acceptors (Lipinski definition) is 7. The van der Waals surface area contributed by atoms with Crippen LogP contribution in [0.3, 0.4) is 0 Å². The summed E-state index contributed by atoms with van der Waals surface area (Å²) in [6.07, 6.45) is 0. The van der Waals surface area contributed by atoms with Crippen LogP contribution >= 0.6 is 0 Å². The number of nitrogens with zero attached hydrogens (tertiary/aromatic N) is 3. The molecule has 1 atom stereocenters. The van der Waals surface area contributed by atoms with Crippen LogP contribution < -0.4 is 15.8 Å². The molecule has 3 heterocycles. The number of hydrogen-bond donors (Lipinski definition) is 3. The smallest absolute Gasteiger partial charge is 0.270 e. The molecule has 1 unspecified atom stereocenters. The predicted octanol–water partition coefficient (Wildman–Crippen LogP) is 1.10. The first kappa shape index (κ1) is 22.0. The minimum absolute atomic E-state index is 0.0160. The fourth-order valence-electron chi connectivity index (χ4n) is 3.44. The first-order chi connectivity index (χ1) is 15.6. The number of nitrogens with two attached hydrogens (primary N) is 1. The molecule has 0 saturated heterocycles. The Hall–Kier alpha value is -4.17.